The molecule has 206 valence electrons. The first-order valence-electron chi connectivity index (χ1n) is 15.2. The van der Waals surface area contributed by atoms with E-state index in [1.807, 2.05) is 36.4 Å². The van der Waals surface area contributed by atoms with Crippen LogP contribution in [-0.4, -0.2) is 5.97 Å². The lowest BCUT2D eigenvalue weighted by molar-refractivity contribution is 0.0734. The van der Waals surface area contributed by atoms with Crippen molar-refractivity contribution in [2.45, 2.75) is 109 Å². The van der Waals surface area contributed by atoms with E-state index in [0.717, 1.165) is 17.9 Å². The normalized spacial score (nSPS) is 22.4. The number of allylic oxidation sites excluding steroid dienone is 4. The lowest BCUT2D eigenvalue weighted by atomic mass is 9.77. The van der Waals surface area contributed by atoms with Gasteiger partial charge in [-0.05, 0) is 79.3 Å². The molecule has 0 radical (unpaired) electrons. The van der Waals surface area contributed by atoms with Crippen molar-refractivity contribution in [2.75, 3.05) is 0 Å². The predicted molar refractivity (Wildman–Crippen MR) is 160 cm³/mol. The van der Waals surface area contributed by atoms with E-state index in [-0.39, 0.29) is 5.41 Å². The van der Waals surface area contributed by atoms with E-state index in [1.165, 1.54) is 82.6 Å². The number of hydrogen-bond acceptors (Lipinski definition) is 3. The van der Waals surface area contributed by atoms with Crippen molar-refractivity contribution in [2.24, 2.45) is 5.92 Å². The van der Waals surface area contributed by atoms with Gasteiger partial charge in [-0.2, -0.15) is 5.26 Å². The van der Waals surface area contributed by atoms with Crippen LogP contribution in [-0.2, 0) is 5.41 Å². The summed E-state index contributed by atoms with van der Waals surface area (Å²) in [4.78, 5) is 12.9. The van der Waals surface area contributed by atoms with Gasteiger partial charge in [-0.25, -0.2) is 4.79 Å². The Hall–Kier alpha value is -3.12. The Morgan fingerprint density at radius 2 is 1.67 bits per heavy atom. The Bertz CT molecular complexity index is 1180. The number of rotatable bonds is 12. The van der Waals surface area contributed by atoms with Crippen LogP contribution in [0, 0.1) is 17.2 Å². The number of nitriles is 1. The molecule has 1 saturated carbocycles. The van der Waals surface area contributed by atoms with E-state index in [0.29, 0.717) is 22.8 Å². The zero-order valence-electron chi connectivity index (χ0n) is 24.0. The Balaban J connectivity index is 1.26. The second-order valence-corrected chi connectivity index (χ2v) is 11.9. The molecule has 1 fully saturated rings. The van der Waals surface area contributed by atoms with Crippen molar-refractivity contribution < 1.29 is 9.53 Å². The third-order valence-corrected chi connectivity index (χ3v) is 8.90. The van der Waals surface area contributed by atoms with Gasteiger partial charge in [0.2, 0.25) is 0 Å². The molecule has 1 unspecified atom stereocenters. The average molecular weight is 524 g/mol. The highest BCUT2D eigenvalue weighted by molar-refractivity contribution is 5.91. The summed E-state index contributed by atoms with van der Waals surface area (Å²) in [5.74, 6) is 1.37. The van der Waals surface area contributed by atoms with Crippen molar-refractivity contribution >= 4 is 5.97 Å². The van der Waals surface area contributed by atoms with Gasteiger partial charge in [-0.3, -0.25) is 0 Å². The summed E-state index contributed by atoms with van der Waals surface area (Å²) in [6.07, 6.45) is 25.5. The molecular weight excluding hydrogens is 478 g/mol. The van der Waals surface area contributed by atoms with Gasteiger partial charge < -0.3 is 4.74 Å². The maximum absolute atomic E-state index is 12.9. The molecule has 1 atom stereocenters. The van der Waals surface area contributed by atoms with Crippen LogP contribution in [0.5, 0.6) is 5.75 Å². The standard InChI is InChI=1S/C36H45NO2/c1-3-4-5-6-7-8-10-13-28-14-16-29(17-15-28)30-18-20-31(21-19-30)35(38)39-34-23-22-33(26-32(34)27-37)36(2)24-11-9-12-25-36/h9,11-12,18-24,26,28-29H,3-8,10,13-17,25H2,1-2H3. The van der Waals surface area contributed by atoms with Crippen LogP contribution in [0.4, 0.5) is 0 Å². The van der Waals surface area contributed by atoms with E-state index >= 15 is 0 Å². The summed E-state index contributed by atoms with van der Waals surface area (Å²) in [6.45, 7) is 4.43. The number of unbranched alkanes of at least 4 members (excludes halogenated alkanes) is 6. The molecule has 0 saturated heterocycles. The monoisotopic (exact) mass is 523 g/mol. The molecular formula is C36H45NO2. The highest BCUT2D eigenvalue weighted by atomic mass is 16.5. The Labute approximate surface area is 236 Å². The molecule has 2 aromatic carbocycles. The molecule has 39 heavy (non-hydrogen) atoms. The molecule has 3 heteroatoms. The van der Waals surface area contributed by atoms with E-state index in [4.69, 9.17) is 4.74 Å². The molecule has 0 aliphatic heterocycles. The molecule has 0 N–H and O–H groups in total. The van der Waals surface area contributed by atoms with Gasteiger partial charge in [0, 0.05) is 5.41 Å². The molecule has 0 heterocycles. The minimum absolute atomic E-state index is 0.161. The number of nitrogens with zero attached hydrogens (tertiary/aromatic N) is 1. The summed E-state index contributed by atoms with van der Waals surface area (Å²) in [6, 6.07) is 15.7. The largest absolute Gasteiger partial charge is 0.422 e. The number of hydrogen-bond donors (Lipinski definition) is 0. The summed E-state index contributed by atoms with van der Waals surface area (Å²) < 4.78 is 5.68. The van der Waals surface area contributed by atoms with E-state index in [1.54, 1.807) is 6.07 Å². The maximum atomic E-state index is 12.9. The van der Waals surface area contributed by atoms with Gasteiger partial charge in [-0.15, -0.1) is 0 Å². The van der Waals surface area contributed by atoms with E-state index in [9.17, 15) is 10.1 Å². The average Bonchev–Trinajstić information content (AvgIpc) is 2.97. The highest BCUT2D eigenvalue weighted by Gasteiger charge is 2.25. The van der Waals surface area contributed by atoms with Crippen molar-refractivity contribution in [1.82, 2.24) is 0 Å². The number of benzene rings is 2. The summed E-state index contributed by atoms with van der Waals surface area (Å²) in [5, 5.41) is 9.73. The van der Waals surface area contributed by atoms with Crippen LogP contribution >= 0.6 is 0 Å². The van der Waals surface area contributed by atoms with Crippen molar-refractivity contribution in [3.8, 4) is 11.8 Å². The van der Waals surface area contributed by atoms with E-state index < -0.39 is 5.97 Å². The molecule has 0 spiro atoms. The Morgan fingerprint density at radius 3 is 2.33 bits per heavy atom. The highest BCUT2D eigenvalue weighted by Crippen LogP contribution is 2.38. The smallest absolute Gasteiger partial charge is 0.343 e. The first-order chi connectivity index (χ1) is 19.0. The lowest BCUT2D eigenvalue weighted by Crippen LogP contribution is -2.19. The first kappa shape index (κ1) is 28.9. The Kier molecular flexibility index (Phi) is 10.6. The molecule has 0 aromatic heterocycles. The van der Waals surface area contributed by atoms with Crippen molar-refractivity contribution in [3.63, 3.8) is 0 Å². The second kappa shape index (κ2) is 14.3. The Morgan fingerprint density at radius 1 is 0.949 bits per heavy atom. The molecule has 2 aliphatic carbocycles. The third-order valence-electron chi connectivity index (χ3n) is 8.90. The van der Waals surface area contributed by atoms with Gasteiger partial charge in [0.25, 0.3) is 0 Å². The van der Waals surface area contributed by atoms with Gasteiger partial charge in [0.15, 0.2) is 0 Å². The number of ether oxygens (including phenoxy) is 1. The van der Waals surface area contributed by atoms with Crippen LogP contribution in [0.15, 0.2) is 66.8 Å². The minimum Gasteiger partial charge on any atom is -0.422 e. The van der Waals surface area contributed by atoms with Gasteiger partial charge >= 0.3 is 5.97 Å². The number of esters is 1. The molecule has 2 aromatic rings. The van der Waals surface area contributed by atoms with Gasteiger partial charge in [0.1, 0.15) is 11.8 Å². The predicted octanol–water partition coefficient (Wildman–Crippen LogP) is 9.97. The summed E-state index contributed by atoms with van der Waals surface area (Å²) in [7, 11) is 0. The fourth-order valence-corrected chi connectivity index (χ4v) is 6.23. The zero-order valence-corrected chi connectivity index (χ0v) is 24.0. The van der Waals surface area contributed by atoms with E-state index in [2.05, 4.69) is 44.2 Å². The van der Waals surface area contributed by atoms with Crippen LogP contribution in [0.2, 0.25) is 0 Å². The van der Waals surface area contributed by atoms with Crippen LogP contribution < -0.4 is 4.74 Å². The van der Waals surface area contributed by atoms with Gasteiger partial charge in [-0.1, -0.05) is 108 Å². The van der Waals surface area contributed by atoms with Crippen molar-refractivity contribution in [3.05, 3.63) is 89.0 Å². The van der Waals surface area contributed by atoms with Crippen LogP contribution in [0.3, 0.4) is 0 Å². The fourth-order valence-electron chi connectivity index (χ4n) is 6.23. The third kappa shape index (κ3) is 7.95. The zero-order chi connectivity index (χ0) is 27.5. The molecule has 4 rings (SSSR count). The quantitative estimate of drug-likeness (QED) is 0.158. The molecule has 3 nitrogen and oxygen atoms in total. The minimum atomic E-state index is -0.420. The van der Waals surface area contributed by atoms with Crippen molar-refractivity contribution in [1.29, 1.82) is 5.26 Å². The molecule has 0 amide bonds. The van der Waals surface area contributed by atoms with Crippen LogP contribution in [0.1, 0.15) is 130 Å². The lowest BCUT2D eigenvalue weighted by Gasteiger charge is -2.29. The second-order valence-electron chi connectivity index (χ2n) is 11.9. The first-order valence-corrected chi connectivity index (χ1v) is 15.2. The number of carbonyl (C=O) groups is 1. The SMILES string of the molecule is CCCCCCCCCC1CCC(c2ccc(C(=O)Oc3ccc(C4(C)C=CC=CC4)cc3C#N)cc2)CC1. The molecule has 0 bridgehead atoms. The number of carbonyl (C=O) groups excluding carboxylic acids is 1. The summed E-state index contributed by atoms with van der Waals surface area (Å²) >= 11 is 0. The maximum Gasteiger partial charge on any atom is 0.343 e. The van der Waals surface area contributed by atoms with Gasteiger partial charge in [0.05, 0.1) is 11.1 Å². The van der Waals surface area contributed by atoms with Crippen LogP contribution in [0.25, 0.3) is 0 Å². The fraction of sp³-hybridized carbons (Fsp3) is 0.500. The molecule has 2 aliphatic rings. The topological polar surface area (TPSA) is 50.1 Å². The summed E-state index contributed by atoms with van der Waals surface area (Å²) in [5.41, 5.74) is 3.11.